The van der Waals surface area contributed by atoms with E-state index in [0.29, 0.717) is 49.7 Å². The monoisotopic (exact) mass is 610 g/mol. The molecule has 2 aromatic heterocycles. The summed E-state index contributed by atoms with van der Waals surface area (Å²) in [5.74, 6) is 1.63. The van der Waals surface area contributed by atoms with Crippen LogP contribution in [0.5, 0.6) is 0 Å². The summed E-state index contributed by atoms with van der Waals surface area (Å²) in [6, 6.07) is 3.67. The van der Waals surface area contributed by atoms with Crippen molar-refractivity contribution in [3.63, 3.8) is 0 Å². The van der Waals surface area contributed by atoms with Gasteiger partial charge in [0.25, 0.3) is 0 Å². The molecular formula is C32H50N8O4. The third-order valence-electron chi connectivity index (χ3n) is 7.44. The number of hydrogen-bond acceptors (Lipinski definition) is 10. The van der Waals surface area contributed by atoms with Crippen LogP contribution in [0.2, 0.25) is 0 Å². The average molecular weight is 611 g/mol. The van der Waals surface area contributed by atoms with Gasteiger partial charge in [-0.15, -0.1) is 15.3 Å². The number of ether oxygens (including phenoxy) is 2. The van der Waals surface area contributed by atoms with Crippen LogP contribution in [-0.4, -0.2) is 79.8 Å². The summed E-state index contributed by atoms with van der Waals surface area (Å²) in [6.07, 6.45) is 2.36. The third kappa shape index (κ3) is 9.52. The first kappa shape index (κ1) is 34.5. The lowest BCUT2D eigenvalue weighted by atomic mass is 9.83. The van der Waals surface area contributed by atoms with Gasteiger partial charge >= 0.3 is 12.2 Å². The molecule has 2 aliphatic heterocycles. The number of nitrogens with zero attached hydrogens (tertiary/aromatic N) is 6. The Morgan fingerprint density at radius 3 is 1.86 bits per heavy atom. The summed E-state index contributed by atoms with van der Waals surface area (Å²) in [6.45, 7) is 21.9. The highest BCUT2D eigenvalue weighted by Gasteiger charge is 2.33. The van der Waals surface area contributed by atoms with Crippen molar-refractivity contribution in [1.29, 1.82) is 0 Å². The molecular weight excluding hydrogens is 560 g/mol. The normalized spacial score (nSPS) is 20.7. The van der Waals surface area contributed by atoms with Gasteiger partial charge in [0.05, 0.1) is 11.4 Å². The van der Waals surface area contributed by atoms with Crippen LogP contribution >= 0.6 is 0 Å². The van der Waals surface area contributed by atoms with E-state index in [9.17, 15) is 9.59 Å². The highest BCUT2D eigenvalue weighted by Crippen LogP contribution is 2.34. The molecule has 4 heterocycles. The molecule has 1 fully saturated rings. The van der Waals surface area contributed by atoms with Gasteiger partial charge in [-0.3, -0.25) is 0 Å². The largest absolute Gasteiger partial charge is 0.444 e. The molecule has 12 nitrogen and oxygen atoms in total. The third-order valence-corrected chi connectivity index (χ3v) is 7.44. The number of aryl methyl sites for hydroxylation is 2. The van der Waals surface area contributed by atoms with Crippen molar-refractivity contribution in [2.45, 2.75) is 92.8 Å². The lowest BCUT2D eigenvalue weighted by molar-refractivity contribution is 0.0152. The lowest BCUT2D eigenvalue weighted by Crippen LogP contribution is -2.44. The van der Waals surface area contributed by atoms with E-state index in [1.807, 2.05) is 73.6 Å². The van der Waals surface area contributed by atoms with Gasteiger partial charge in [0.1, 0.15) is 22.8 Å². The van der Waals surface area contributed by atoms with E-state index < -0.39 is 11.2 Å². The van der Waals surface area contributed by atoms with Crippen LogP contribution in [0.3, 0.4) is 0 Å². The maximum absolute atomic E-state index is 12.2. The van der Waals surface area contributed by atoms with Crippen molar-refractivity contribution < 1.29 is 19.1 Å². The molecule has 2 aromatic rings. The second-order valence-corrected chi connectivity index (χ2v) is 13.9. The molecule has 2 amide bonds. The van der Waals surface area contributed by atoms with Crippen LogP contribution in [0.1, 0.15) is 90.2 Å². The van der Waals surface area contributed by atoms with Crippen LogP contribution in [0, 0.1) is 25.7 Å². The molecule has 44 heavy (non-hydrogen) atoms. The van der Waals surface area contributed by atoms with E-state index in [2.05, 4.69) is 34.2 Å². The van der Waals surface area contributed by atoms with E-state index in [1.54, 1.807) is 9.80 Å². The Morgan fingerprint density at radius 1 is 0.818 bits per heavy atom. The van der Waals surface area contributed by atoms with E-state index in [0.717, 1.165) is 34.5 Å². The zero-order chi connectivity index (χ0) is 33.0. The van der Waals surface area contributed by atoms with Gasteiger partial charge in [0.15, 0.2) is 0 Å². The quantitative estimate of drug-likeness (QED) is 0.452. The van der Waals surface area contributed by atoms with Crippen LogP contribution in [0.15, 0.2) is 18.2 Å². The second-order valence-electron chi connectivity index (χ2n) is 13.9. The van der Waals surface area contributed by atoms with E-state index in [1.165, 1.54) is 0 Å². The predicted octanol–water partition coefficient (Wildman–Crippen LogP) is 5.37. The van der Waals surface area contributed by atoms with E-state index >= 15 is 0 Å². The maximum Gasteiger partial charge on any atom is 0.410 e. The first-order valence-electron chi connectivity index (χ1n) is 15.2. The molecule has 242 valence electrons. The van der Waals surface area contributed by atoms with E-state index in [-0.39, 0.29) is 18.1 Å². The number of rotatable bonds is 2. The molecule has 4 rings (SSSR count). The van der Waals surface area contributed by atoms with Gasteiger partial charge in [0.2, 0.25) is 0 Å². The Bertz CT molecular complexity index is 1360. The number of anilines is 2. The molecule has 0 saturated carbocycles. The maximum atomic E-state index is 12.2. The second kappa shape index (κ2) is 13.8. The fourth-order valence-electron chi connectivity index (χ4n) is 5.44. The van der Waals surface area contributed by atoms with Crippen molar-refractivity contribution in [3.8, 4) is 0 Å². The summed E-state index contributed by atoms with van der Waals surface area (Å²) < 4.78 is 10.9. The number of hydrogen-bond donors (Lipinski definition) is 2. The molecule has 1 saturated heterocycles. The summed E-state index contributed by atoms with van der Waals surface area (Å²) in [7, 11) is 0. The number of amides is 2. The van der Waals surface area contributed by atoms with Crippen LogP contribution in [-0.2, 0) is 9.47 Å². The minimum Gasteiger partial charge on any atom is -0.444 e. The van der Waals surface area contributed by atoms with Crippen molar-refractivity contribution >= 4 is 29.4 Å². The van der Waals surface area contributed by atoms with Gasteiger partial charge in [-0.2, -0.15) is 5.10 Å². The Kier molecular flexibility index (Phi) is 10.8. The van der Waals surface area contributed by atoms with E-state index in [4.69, 9.17) is 20.9 Å². The summed E-state index contributed by atoms with van der Waals surface area (Å²) in [5, 5.41) is 16.4. The highest BCUT2D eigenvalue weighted by molar-refractivity contribution is 5.73. The Labute approximate surface area is 261 Å². The first-order valence-corrected chi connectivity index (χ1v) is 15.2. The average Bonchev–Trinajstić information content (AvgIpc) is 2.88. The molecule has 0 bridgehead atoms. The van der Waals surface area contributed by atoms with Crippen molar-refractivity contribution in [2.24, 2.45) is 11.8 Å². The summed E-state index contributed by atoms with van der Waals surface area (Å²) in [4.78, 5) is 27.8. The predicted molar refractivity (Wildman–Crippen MR) is 172 cm³/mol. The molecule has 4 N–H and O–H groups in total. The molecule has 3 unspecified atom stereocenters. The zero-order valence-electron chi connectivity index (χ0n) is 28.0. The lowest BCUT2D eigenvalue weighted by Gasteiger charge is -2.37. The molecule has 3 atom stereocenters. The SMILES string of the molecule is Cc1cc(N)nnc1C1=CCN(C(=O)OC(C)(C)C)CC1C.Cc1cc(N)nnc1C1CCN(C(=O)OC(C)(C)C)CC1C. The van der Waals surface area contributed by atoms with Crippen LogP contribution in [0.4, 0.5) is 21.2 Å². The fourth-order valence-corrected chi connectivity index (χ4v) is 5.44. The first-order chi connectivity index (χ1) is 20.3. The number of carbonyl (C=O) groups is 2. The molecule has 0 spiro atoms. The topological polar surface area (TPSA) is 163 Å². The van der Waals surface area contributed by atoms with Gasteiger partial charge in [-0.25, -0.2) is 9.59 Å². The van der Waals surface area contributed by atoms with Crippen LogP contribution in [0.25, 0.3) is 5.57 Å². The van der Waals surface area contributed by atoms with Gasteiger partial charge in [0, 0.05) is 38.0 Å². The number of aromatic nitrogens is 4. The van der Waals surface area contributed by atoms with Crippen LogP contribution < -0.4 is 11.5 Å². The summed E-state index contributed by atoms with van der Waals surface area (Å²) >= 11 is 0. The molecule has 0 aromatic carbocycles. The molecule has 0 aliphatic carbocycles. The standard InChI is InChI=1S/C16H26N4O2.C16H24N4O2/c2*1-10-8-13(17)18-19-14(10)12-6-7-20(9-11(12)2)15(21)22-16(3,4)5/h8,11-12H,6-7,9H2,1-5H3,(H2,17,18);6,8,11H,7,9H2,1-5H3,(H2,17,18). The number of carbonyl (C=O) groups excluding carboxylic acids is 2. The number of likely N-dealkylation sites (tertiary alicyclic amines) is 1. The van der Waals surface area contributed by atoms with Gasteiger partial charge < -0.3 is 30.7 Å². The smallest absolute Gasteiger partial charge is 0.410 e. The number of nitrogens with two attached hydrogens (primary N) is 2. The molecule has 0 radical (unpaired) electrons. The van der Waals surface area contributed by atoms with Crippen molar-refractivity contribution in [3.05, 3.63) is 40.7 Å². The highest BCUT2D eigenvalue weighted by atomic mass is 16.6. The minimum atomic E-state index is -0.483. The van der Waals surface area contributed by atoms with Gasteiger partial charge in [-0.1, -0.05) is 19.9 Å². The molecule has 2 aliphatic rings. The Balaban J connectivity index is 0.000000240. The summed E-state index contributed by atoms with van der Waals surface area (Å²) in [5.41, 5.74) is 15.4. The van der Waals surface area contributed by atoms with Gasteiger partial charge in [-0.05, 0) is 96.6 Å². The van der Waals surface area contributed by atoms with Crippen molar-refractivity contribution in [2.75, 3.05) is 37.6 Å². The minimum absolute atomic E-state index is 0.165. The number of nitrogen functional groups attached to an aromatic ring is 2. The fraction of sp³-hybridized carbons (Fsp3) is 0.625. The molecule has 12 heteroatoms. The van der Waals surface area contributed by atoms with Crippen molar-refractivity contribution in [1.82, 2.24) is 30.2 Å². The number of piperidine rings is 1. The Hall–Kier alpha value is -3.96. The zero-order valence-corrected chi connectivity index (χ0v) is 28.0. The Morgan fingerprint density at radius 2 is 1.36 bits per heavy atom.